The van der Waals surface area contributed by atoms with E-state index in [0.717, 1.165) is 5.56 Å². The van der Waals surface area contributed by atoms with Crippen LogP contribution in [0.25, 0.3) is 0 Å². The van der Waals surface area contributed by atoms with Crippen LogP contribution in [-0.4, -0.2) is 78.8 Å². The molecule has 146 valence electrons. The summed E-state index contributed by atoms with van der Waals surface area (Å²) in [6.07, 6.45) is 0. The Morgan fingerprint density at radius 1 is 1.22 bits per heavy atom. The third-order valence-corrected chi connectivity index (χ3v) is 4.61. The number of para-hydroxylation sites is 1. The minimum atomic E-state index is -0.977. The molecule has 1 N–H and O–H groups in total. The fraction of sp³-hybridized carbons (Fsp3) is 0.412. The quantitative estimate of drug-likeness (QED) is 0.568. The monoisotopic (exact) mass is 396 g/mol. The van der Waals surface area contributed by atoms with Crippen molar-refractivity contribution in [2.45, 2.75) is 6.04 Å². The van der Waals surface area contributed by atoms with Gasteiger partial charge in [0.15, 0.2) is 0 Å². The van der Waals surface area contributed by atoms with Crippen LogP contribution in [-0.2, 0) is 14.4 Å². The maximum absolute atomic E-state index is 12.8. The second-order valence-corrected chi connectivity index (χ2v) is 6.09. The summed E-state index contributed by atoms with van der Waals surface area (Å²) in [5.74, 6) is -1.64. The SMILES string of the molecule is COc1ccccc1C1CNCCN1C(=O)CN1C(=O)C(=O)N(C)C1=O.Cl. The van der Waals surface area contributed by atoms with Crippen molar-refractivity contribution in [3.63, 3.8) is 0 Å². The van der Waals surface area contributed by atoms with Crippen LogP contribution >= 0.6 is 12.4 Å². The lowest BCUT2D eigenvalue weighted by Gasteiger charge is -2.37. The molecule has 0 radical (unpaired) electrons. The van der Waals surface area contributed by atoms with Gasteiger partial charge in [0.1, 0.15) is 12.3 Å². The number of likely N-dealkylation sites (N-methyl/N-ethyl adjacent to an activating group) is 1. The average molecular weight is 397 g/mol. The number of hydrogen-bond acceptors (Lipinski definition) is 6. The van der Waals surface area contributed by atoms with E-state index in [4.69, 9.17) is 4.74 Å². The molecule has 1 aromatic rings. The molecule has 1 atom stereocenters. The Morgan fingerprint density at radius 2 is 1.93 bits per heavy atom. The van der Waals surface area contributed by atoms with Crippen LogP contribution in [0.2, 0.25) is 0 Å². The van der Waals surface area contributed by atoms with E-state index < -0.39 is 30.3 Å². The first-order valence-corrected chi connectivity index (χ1v) is 8.22. The molecule has 2 saturated heterocycles. The molecule has 0 bridgehead atoms. The van der Waals surface area contributed by atoms with E-state index in [0.29, 0.717) is 35.2 Å². The lowest BCUT2D eigenvalue weighted by Crippen LogP contribution is -2.52. The summed E-state index contributed by atoms with van der Waals surface area (Å²) in [6, 6.07) is 6.31. The standard InChI is InChI=1S/C17H20N4O5.ClH/c1-19-15(23)16(24)21(17(19)25)10-14(22)20-8-7-18-9-12(20)11-5-3-4-6-13(11)26-2;/h3-6,12,18H,7-10H2,1-2H3;1H. The maximum Gasteiger partial charge on any atom is 0.334 e. The first-order valence-electron chi connectivity index (χ1n) is 8.22. The number of carbonyl (C=O) groups is 4. The molecule has 2 fully saturated rings. The van der Waals surface area contributed by atoms with Crippen LogP contribution in [0.3, 0.4) is 0 Å². The average Bonchev–Trinajstić information content (AvgIpc) is 2.85. The minimum Gasteiger partial charge on any atom is -0.496 e. The number of carbonyl (C=O) groups excluding carboxylic acids is 4. The third kappa shape index (κ3) is 3.74. The molecule has 1 unspecified atom stereocenters. The number of hydrogen-bond donors (Lipinski definition) is 1. The first kappa shape index (κ1) is 20.7. The smallest absolute Gasteiger partial charge is 0.334 e. The molecule has 2 heterocycles. The highest BCUT2D eigenvalue weighted by Crippen LogP contribution is 2.30. The molecule has 9 nitrogen and oxygen atoms in total. The highest BCUT2D eigenvalue weighted by molar-refractivity contribution is 6.44. The molecule has 1 aromatic carbocycles. The first-order chi connectivity index (χ1) is 12.5. The van der Waals surface area contributed by atoms with Gasteiger partial charge in [-0.05, 0) is 6.07 Å². The molecule has 0 aliphatic carbocycles. The second kappa shape index (κ2) is 8.36. The van der Waals surface area contributed by atoms with Gasteiger partial charge in [-0.3, -0.25) is 19.3 Å². The normalized spacial score (nSPS) is 20.0. The van der Waals surface area contributed by atoms with Crippen molar-refractivity contribution in [3.8, 4) is 5.75 Å². The molecule has 2 aliphatic heterocycles. The number of urea groups is 1. The Morgan fingerprint density at radius 3 is 2.56 bits per heavy atom. The van der Waals surface area contributed by atoms with Gasteiger partial charge in [0, 0.05) is 32.2 Å². The highest BCUT2D eigenvalue weighted by atomic mass is 35.5. The zero-order valence-corrected chi connectivity index (χ0v) is 15.8. The summed E-state index contributed by atoms with van der Waals surface area (Å²) in [7, 11) is 2.78. The molecule has 0 spiro atoms. The fourth-order valence-electron chi connectivity index (χ4n) is 3.20. The topological polar surface area (TPSA) is 99.3 Å². The molecule has 3 rings (SSSR count). The number of methoxy groups -OCH3 is 1. The Balaban J connectivity index is 0.00000261. The van der Waals surface area contributed by atoms with Crippen LogP contribution < -0.4 is 10.1 Å². The Kier molecular flexibility index (Phi) is 6.40. The Hall–Kier alpha value is -2.65. The summed E-state index contributed by atoms with van der Waals surface area (Å²) >= 11 is 0. The number of piperazine rings is 1. The van der Waals surface area contributed by atoms with Crippen molar-refractivity contribution in [2.75, 3.05) is 40.3 Å². The second-order valence-electron chi connectivity index (χ2n) is 6.09. The summed E-state index contributed by atoms with van der Waals surface area (Å²) in [4.78, 5) is 51.4. The lowest BCUT2D eigenvalue weighted by atomic mass is 10.0. The fourth-order valence-corrected chi connectivity index (χ4v) is 3.20. The minimum absolute atomic E-state index is 0. The van der Waals surface area contributed by atoms with Gasteiger partial charge in [0.2, 0.25) is 5.91 Å². The van der Waals surface area contributed by atoms with Crippen molar-refractivity contribution >= 4 is 36.2 Å². The lowest BCUT2D eigenvalue weighted by molar-refractivity contribution is -0.145. The van der Waals surface area contributed by atoms with Crippen LogP contribution in [0.4, 0.5) is 4.79 Å². The van der Waals surface area contributed by atoms with Gasteiger partial charge in [-0.1, -0.05) is 18.2 Å². The molecule has 0 aromatic heterocycles. The van der Waals surface area contributed by atoms with Crippen LogP contribution in [0.1, 0.15) is 11.6 Å². The third-order valence-electron chi connectivity index (χ3n) is 4.61. The highest BCUT2D eigenvalue weighted by Gasteiger charge is 2.44. The van der Waals surface area contributed by atoms with Gasteiger partial charge in [0.25, 0.3) is 0 Å². The summed E-state index contributed by atoms with van der Waals surface area (Å²) in [6.45, 7) is 1.08. The zero-order valence-electron chi connectivity index (χ0n) is 15.0. The predicted molar refractivity (Wildman–Crippen MR) is 97.4 cm³/mol. The van der Waals surface area contributed by atoms with Gasteiger partial charge in [-0.2, -0.15) is 0 Å². The van der Waals surface area contributed by atoms with Crippen molar-refractivity contribution in [1.29, 1.82) is 0 Å². The van der Waals surface area contributed by atoms with E-state index in [9.17, 15) is 19.2 Å². The largest absolute Gasteiger partial charge is 0.496 e. The molecule has 5 amide bonds. The number of imide groups is 2. The molecule has 27 heavy (non-hydrogen) atoms. The van der Waals surface area contributed by atoms with Gasteiger partial charge >= 0.3 is 17.8 Å². The van der Waals surface area contributed by atoms with Crippen molar-refractivity contribution < 1.29 is 23.9 Å². The van der Waals surface area contributed by atoms with Crippen molar-refractivity contribution in [2.24, 2.45) is 0 Å². The molecular formula is C17H21ClN4O5. The van der Waals surface area contributed by atoms with Crippen LogP contribution in [0, 0.1) is 0 Å². The van der Waals surface area contributed by atoms with Gasteiger partial charge in [-0.15, -0.1) is 12.4 Å². The van der Waals surface area contributed by atoms with Crippen molar-refractivity contribution in [1.82, 2.24) is 20.0 Å². The van der Waals surface area contributed by atoms with E-state index in [2.05, 4.69) is 5.32 Å². The number of halogens is 1. The van der Waals surface area contributed by atoms with Gasteiger partial charge < -0.3 is 15.0 Å². The molecule has 0 saturated carbocycles. The Bertz CT molecular complexity index is 771. The van der Waals surface area contributed by atoms with E-state index in [1.807, 2.05) is 24.3 Å². The number of benzene rings is 1. The predicted octanol–water partition coefficient (Wildman–Crippen LogP) is 0.0105. The zero-order chi connectivity index (χ0) is 18.8. The van der Waals surface area contributed by atoms with Crippen LogP contribution in [0.5, 0.6) is 5.75 Å². The molecule has 2 aliphatic rings. The summed E-state index contributed by atoms with van der Waals surface area (Å²) in [5, 5.41) is 3.24. The summed E-state index contributed by atoms with van der Waals surface area (Å²) < 4.78 is 5.39. The van der Waals surface area contributed by atoms with Gasteiger partial charge in [-0.25, -0.2) is 9.69 Å². The number of nitrogens with one attached hydrogen (secondary N) is 1. The van der Waals surface area contributed by atoms with Crippen LogP contribution in [0.15, 0.2) is 24.3 Å². The van der Waals surface area contributed by atoms with E-state index in [1.54, 1.807) is 12.0 Å². The van der Waals surface area contributed by atoms with Gasteiger partial charge in [0.05, 0.1) is 13.2 Å². The van der Waals surface area contributed by atoms with E-state index in [-0.39, 0.29) is 18.4 Å². The number of nitrogens with zero attached hydrogens (tertiary/aromatic N) is 3. The molecular weight excluding hydrogens is 376 g/mol. The van der Waals surface area contributed by atoms with E-state index in [1.165, 1.54) is 7.05 Å². The van der Waals surface area contributed by atoms with E-state index >= 15 is 0 Å². The maximum atomic E-state index is 12.8. The van der Waals surface area contributed by atoms with Crippen molar-refractivity contribution in [3.05, 3.63) is 29.8 Å². The Labute approximate surface area is 162 Å². The molecule has 10 heteroatoms. The number of ether oxygens (including phenoxy) is 1. The number of rotatable bonds is 4. The number of amides is 5. The summed E-state index contributed by atoms with van der Waals surface area (Å²) in [5.41, 5.74) is 0.836.